The van der Waals surface area contributed by atoms with Gasteiger partial charge in [-0.05, 0) is 18.2 Å². The van der Waals surface area contributed by atoms with E-state index in [1.165, 1.54) is 0 Å². The molecule has 0 saturated carbocycles. The van der Waals surface area contributed by atoms with Crippen LogP contribution in [0.4, 0.5) is 6.01 Å². The van der Waals surface area contributed by atoms with Gasteiger partial charge in [-0.2, -0.15) is 4.98 Å². The summed E-state index contributed by atoms with van der Waals surface area (Å²) in [4.78, 5) is 4.04. The van der Waals surface area contributed by atoms with Gasteiger partial charge >= 0.3 is 0 Å². The number of aromatic nitrogens is 1. The lowest BCUT2D eigenvalue weighted by Crippen LogP contribution is -1.80. The van der Waals surface area contributed by atoms with Crippen LogP contribution in [0.3, 0.4) is 0 Å². The number of nitrogens with two attached hydrogens (primary N) is 1. The summed E-state index contributed by atoms with van der Waals surface area (Å²) in [6.07, 6.45) is 0.832. The summed E-state index contributed by atoms with van der Waals surface area (Å²) in [5.41, 5.74) is 7.81. The maximum atomic E-state index is 5.44. The van der Waals surface area contributed by atoms with Gasteiger partial charge in [0.05, 0.1) is 0 Å². The molecule has 0 bridgehead atoms. The minimum Gasteiger partial charge on any atom is -0.424 e. The Labute approximate surface area is 95.8 Å². The number of benzene rings is 1. The molecule has 2 rings (SSSR count). The molecule has 0 radical (unpaired) electrons. The Morgan fingerprint density at radius 2 is 2.33 bits per heavy atom. The summed E-state index contributed by atoms with van der Waals surface area (Å²) in [6, 6.07) is 5.79. The van der Waals surface area contributed by atoms with Crippen LogP contribution in [0, 0.1) is 11.8 Å². The number of fused-ring (bicyclic) bond motifs is 1. The van der Waals surface area contributed by atoms with Gasteiger partial charge in [0.1, 0.15) is 5.52 Å². The number of nitrogens with zero attached hydrogens (tertiary/aromatic N) is 1. The number of halogens is 1. The third kappa shape index (κ3) is 2.31. The van der Waals surface area contributed by atoms with Crippen molar-refractivity contribution in [3.8, 4) is 11.8 Å². The predicted octanol–water partition coefficient (Wildman–Crippen LogP) is 2.55. The van der Waals surface area contributed by atoms with Gasteiger partial charge in [-0.15, -0.1) is 0 Å². The second-order valence-electron chi connectivity index (χ2n) is 2.98. The van der Waals surface area contributed by atoms with E-state index in [1.54, 1.807) is 0 Å². The fourth-order valence-electron chi connectivity index (χ4n) is 1.23. The fraction of sp³-hybridized carbons (Fsp3) is 0.182. The summed E-state index contributed by atoms with van der Waals surface area (Å²) in [5, 5.41) is 0.888. The first-order valence-corrected chi connectivity index (χ1v) is 5.62. The Hall–Kier alpha value is -1.47. The third-order valence-electron chi connectivity index (χ3n) is 1.86. The van der Waals surface area contributed by atoms with E-state index in [0.717, 1.165) is 22.8 Å². The van der Waals surface area contributed by atoms with Crippen molar-refractivity contribution in [3.63, 3.8) is 0 Å². The average Bonchev–Trinajstić information content (AvgIpc) is 2.57. The summed E-state index contributed by atoms with van der Waals surface area (Å²) in [5.74, 6) is 6.08. The van der Waals surface area contributed by atoms with Gasteiger partial charge in [0.25, 0.3) is 6.01 Å². The maximum absolute atomic E-state index is 5.44. The monoisotopic (exact) mass is 264 g/mol. The summed E-state index contributed by atoms with van der Waals surface area (Å²) < 4.78 is 5.16. The lowest BCUT2D eigenvalue weighted by molar-refractivity contribution is 0.626. The molecule has 2 aromatic rings. The van der Waals surface area contributed by atoms with Crippen molar-refractivity contribution in [1.29, 1.82) is 0 Å². The number of rotatable bonds is 1. The van der Waals surface area contributed by atoms with Crippen molar-refractivity contribution in [2.75, 3.05) is 11.1 Å². The predicted molar refractivity (Wildman–Crippen MR) is 63.7 cm³/mol. The molecule has 0 fully saturated rings. The summed E-state index contributed by atoms with van der Waals surface area (Å²) in [6.45, 7) is 0. The van der Waals surface area contributed by atoms with Crippen LogP contribution >= 0.6 is 15.9 Å². The Morgan fingerprint density at radius 1 is 1.47 bits per heavy atom. The van der Waals surface area contributed by atoms with E-state index in [0.29, 0.717) is 5.58 Å². The molecule has 3 nitrogen and oxygen atoms in total. The molecule has 0 spiro atoms. The van der Waals surface area contributed by atoms with Gasteiger partial charge in [0, 0.05) is 17.3 Å². The van der Waals surface area contributed by atoms with E-state index < -0.39 is 0 Å². The minimum absolute atomic E-state index is 0.190. The molecule has 15 heavy (non-hydrogen) atoms. The highest BCUT2D eigenvalue weighted by atomic mass is 79.9. The van der Waals surface area contributed by atoms with Crippen molar-refractivity contribution in [2.24, 2.45) is 0 Å². The van der Waals surface area contributed by atoms with Crippen molar-refractivity contribution < 1.29 is 4.42 Å². The second kappa shape index (κ2) is 4.37. The molecular weight excluding hydrogens is 256 g/mol. The van der Waals surface area contributed by atoms with Crippen molar-refractivity contribution >= 4 is 33.0 Å². The number of oxazole rings is 1. The highest BCUT2D eigenvalue weighted by Gasteiger charge is 2.01. The third-order valence-corrected chi connectivity index (χ3v) is 2.25. The zero-order valence-corrected chi connectivity index (χ0v) is 9.54. The topological polar surface area (TPSA) is 52.0 Å². The van der Waals surface area contributed by atoms with Gasteiger partial charge in [0.15, 0.2) is 5.58 Å². The Morgan fingerprint density at radius 3 is 3.13 bits per heavy atom. The van der Waals surface area contributed by atoms with E-state index in [9.17, 15) is 0 Å². The van der Waals surface area contributed by atoms with Crippen LogP contribution in [-0.4, -0.2) is 10.3 Å². The van der Waals surface area contributed by atoms with Crippen molar-refractivity contribution in [2.45, 2.75) is 6.42 Å². The average molecular weight is 265 g/mol. The molecule has 1 aromatic heterocycles. The molecule has 1 heterocycles. The largest absolute Gasteiger partial charge is 0.424 e. The lowest BCUT2D eigenvalue weighted by Gasteiger charge is -1.88. The lowest BCUT2D eigenvalue weighted by atomic mass is 10.2. The number of nitrogen functional groups attached to an aromatic ring is 1. The molecule has 1 aromatic carbocycles. The van der Waals surface area contributed by atoms with Crippen LogP contribution in [0.25, 0.3) is 11.1 Å². The molecule has 4 heteroatoms. The van der Waals surface area contributed by atoms with Gasteiger partial charge in [0.2, 0.25) is 0 Å². The van der Waals surface area contributed by atoms with E-state index in [4.69, 9.17) is 10.2 Å². The second-order valence-corrected chi connectivity index (χ2v) is 3.77. The molecular formula is C11H9BrN2O. The fourth-order valence-corrected chi connectivity index (χ4v) is 1.43. The number of hydrogen-bond acceptors (Lipinski definition) is 3. The highest BCUT2D eigenvalue weighted by Crippen LogP contribution is 2.17. The molecule has 0 aliphatic carbocycles. The van der Waals surface area contributed by atoms with Gasteiger partial charge in [-0.1, -0.05) is 27.8 Å². The quantitative estimate of drug-likeness (QED) is 0.636. The van der Waals surface area contributed by atoms with E-state index in [-0.39, 0.29) is 6.01 Å². The molecule has 0 unspecified atom stereocenters. The molecule has 0 atom stereocenters. The Kier molecular flexibility index (Phi) is 2.93. The SMILES string of the molecule is Nc1nc2cc(C#CCCBr)ccc2o1. The normalized spacial score (nSPS) is 9.93. The van der Waals surface area contributed by atoms with E-state index >= 15 is 0 Å². The van der Waals surface area contributed by atoms with Crippen LogP contribution in [0.2, 0.25) is 0 Å². The van der Waals surface area contributed by atoms with E-state index in [2.05, 4.69) is 32.8 Å². The molecule has 2 N–H and O–H groups in total. The highest BCUT2D eigenvalue weighted by molar-refractivity contribution is 9.09. The standard InChI is InChI=1S/C11H9BrN2O/c12-6-2-1-3-8-4-5-10-9(7-8)14-11(13)15-10/h4-5,7H,2,6H2,(H2,13,14). The Bertz CT molecular complexity index is 536. The van der Waals surface area contributed by atoms with Crippen LogP contribution in [0.15, 0.2) is 22.6 Å². The molecule has 0 aliphatic heterocycles. The summed E-state index contributed by atoms with van der Waals surface area (Å²) >= 11 is 3.32. The zero-order chi connectivity index (χ0) is 10.7. The first-order valence-electron chi connectivity index (χ1n) is 4.50. The molecule has 0 amide bonds. The zero-order valence-electron chi connectivity index (χ0n) is 7.96. The van der Waals surface area contributed by atoms with Gasteiger partial charge in [-0.25, -0.2) is 0 Å². The van der Waals surface area contributed by atoms with Crippen molar-refractivity contribution in [3.05, 3.63) is 23.8 Å². The summed E-state index contributed by atoms with van der Waals surface area (Å²) in [7, 11) is 0. The van der Waals surface area contributed by atoms with Crippen LogP contribution in [0.1, 0.15) is 12.0 Å². The van der Waals surface area contributed by atoms with Gasteiger partial charge < -0.3 is 10.2 Å². The number of hydrogen-bond donors (Lipinski definition) is 1. The molecule has 76 valence electrons. The van der Waals surface area contributed by atoms with Crippen molar-refractivity contribution in [1.82, 2.24) is 4.98 Å². The minimum atomic E-state index is 0.190. The number of alkyl halides is 1. The van der Waals surface area contributed by atoms with Crippen LogP contribution in [0.5, 0.6) is 0 Å². The van der Waals surface area contributed by atoms with Crippen LogP contribution in [-0.2, 0) is 0 Å². The first kappa shape index (κ1) is 10.1. The molecule has 0 aliphatic rings. The van der Waals surface area contributed by atoms with Gasteiger partial charge in [-0.3, -0.25) is 0 Å². The molecule has 0 saturated heterocycles. The van der Waals surface area contributed by atoms with Crippen LogP contribution < -0.4 is 5.73 Å². The Balaban J connectivity index is 2.35. The smallest absolute Gasteiger partial charge is 0.292 e. The first-order chi connectivity index (χ1) is 7.29. The maximum Gasteiger partial charge on any atom is 0.292 e. The van der Waals surface area contributed by atoms with E-state index in [1.807, 2.05) is 18.2 Å². The number of anilines is 1.